The largest absolute Gasteiger partial charge is 0.492 e. The summed E-state index contributed by atoms with van der Waals surface area (Å²) in [7, 11) is 0. The number of fused-ring (bicyclic) bond motifs is 1. The lowest BCUT2D eigenvalue weighted by molar-refractivity contribution is 0.113. The number of hydrogen-bond acceptors (Lipinski definition) is 6. The minimum absolute atomic E-state index is 0.00301. The van der Waals surface area contributed by atoms with Gasteiger partial charge in [-0.05, 0) is 31.2 Å². The smallest absolute Gasteiger partial charge is 0.230 e. The van der Waals surface area contributed by atoms with Crippen LogP contribution < -0.4 is 0 Å². The molecule has 27 heavy (non-hydrogen) atoms. The molecule has 0 aliphatic carbocycles. The number of likely N-dealkylation sites (N-methyl/N-ethyl adjacent to an activating group) is 1. The van der Waals surface area contributed by atoms with Crippen LogP contribution in [0.3, 0.4) is 0 Å². The van der Waals surface area contributed by atoms with Gasteiger partial charge in [0.25, 0.3) is 0 Å². The molecule has 0 spiro atoms. The second-order valence-corrected chi connectivity index (χ2v) is 7.70. The number of rotatable bonds is 4. The highest BCUT2D eigenvalue weighted by Gasteiger charge is 2.31. The molecule has 144 valence electrons. The van der Waals surface area contributed by atoms with E-state index in [1.54, 1.807) is 13.0 Å². The van der Waals surface area contributed by atoms with Gasteiger partial charge in [-0.1, -0.05) is 24.3 Å². The summed E-state index contributed by atoms with van der Waals surface area (Å²) in [6.07, 6.45) is 0. The lowest BCUT2D eigenvalue weighted by atomic mass is 10.0. The quantitative estimate of drug-likeness (QED) is 0.739. The van der Waals surface area contributed by atoms with Gasteiger partial charge in [0.15, 0.2) is 11.6 Å². The molecule has 0 radical (unpaired) electrons. The van der Waals surface area contributed by atoms with Crippen LogP contribution in [-0.2, 0) is 0 Å². The molecule has 4 rings (SSSR count). The number of aromatic hydroxyl groups is 1. The number of thiazole rings is 1. The Morgan fingerprint density at radius 2 is 1.93 bits per heavy atom. The maximum absolute atomic E-state index is 13.9. The summed E-state index contributed by atoms with van der Waals surface area (Å²) in [5, 5.41) is 15.0. The number of halogens is 2. The maximum Gasteiger partial charge on any atom is 0.230 e. The van der Waals surface area contributed by atoms with E-state index in [0.29, 0.717) is 21.2 Å². The molecule has 0 unspecified atom stereocenters. The first-order valence-electron chi connectivity index (χ1n) is 8.94. The molecule has 0 amide bonds. The van der Waals surface area contributed by atoms with Crippen molar-refractivity contribution in [2.24, 2.45) is 0 Å². The number of hydrogen-bond donors (Lipinski definition) is 1. The lowest BCUT2D eigenvalue weighted by Gasteiger charge is -2.38. The summed E-state index contributed by atoms with van der Waals surface area (Å²) in [6.45, 7) is 8.17. The van der Waals surface area contributed by atoms with Gasteiger partial charge in [-0.2, -0.15) is 4.52 Å². The van der Waals surface area contributed by atoms with Crippen molar-refractivity contribution in [2.45, 2.75) is 19.9 Å². The van der Waals surface area contributed by atoms with E-state index in [4.69, 9.17) is 0 Å². The van der Waals surface area contributed by atoms with Gasteiger partial charge >= 0.3 is 0 Å². The highest BCUT2D eigenvalue weighted by atomic mass is 32.1. The van der Waals surface area contributed by atoms with Gasteiger partial charge in [-0.25, -0.2) is 13.8 Å². The maximum atomic E-state index is 13.9. The van der Waals surface area contributed by atoms with Gasteiger partial charge in [-0.15, -0.1) is 5.10 Å². The zero-order valence-corrected chi connectivity index (χ0v) is 16.0. The van der Waals surface area contributed by atoms with Crippen molar-refractivity contribution >= 4 is 16.3 Å². The normalized spacial score (nSPS) is 17.6. The van der Waals surface area contributed by atoms with E-state index in [9.17, 15) is 13.9 Å². The van der Waals surface area contributed by atoms with E-state index in [1.165, 1.54) is 21.9 Å². The molecular formula is C18H21F2N5OS. The summed E-state index contributed by atoms with van der Waals surface area (Å²) in [5.41, 5.74) is 0.607. The molecular weight excluding hydrogens is 372 g/mol. The molecule has 0 bridgehead atoms. The molecule has 6 nitrogen and oxygen atoms in total. The Morgan fingerprint density at radius 1 is 1.19 bits per heavy atom. The molecule has 1 aliphatic rings. The van der Waals surface area contributed by atoms with E-state index in [1.807, 2.05) is 0 Å². The van der Waals surface area contributed by atoms with Gasteiger partial charge in [0.2, 0.25) is 10.8 Å². The molecule has 3 aromatic rings. The van der Waals surface area contributed by atoms with Gasteiger partial charge < -0.3 is 10.0 Å². The first-order valence-corrected chi connectivity index (χ1v) is 9.76. The van der Waals surface area contributed by atoms with E-state index in [-0.39, 0.29) is 11.9 Å². The van der Waals surface area contributed by atoms with Crippen molar-refractivity contribution in [3.8, 4) is 5.88 Å². The second-order valence-electron chi connectivity index (χ2n) is 6.69. The topological polar surface area (TPSA) is 56.9 Å². The summed E-state index contributed by atoms with van der Waals surface area (Å²) < 4.78 is 28.8. The highest BCUT2D eigenvalue weighted by molar-refractivity contribution is 7.17. The minimum Gasteiger partial charge on any atom is -0.492 e. The molecule has 2 aromatic heterocycles. The molecule has 1 atom stereocenters. The predicted octanol–water partition coefficient (Wildman–Crippen LogP) is 2.81. The second kappa shape index (κ2) is 7.14. The first kappa shape index (κ1) is 18.3. The third-order valence-electron chi connectivity index (χ3n) is 5.03. The van der Waals surface area contributed by atoms with Gasteiger partial charge in [0.1, 0.15) is 5.82 Å². The van der Waals surface area contributed by atoms with Gasteiger partial charge in [0.05, 0.1) is 10.9 Å². The number of aryl methyl sites for hydroxylation is 1. The van der Waals surface area contributed by atoms with Crippen LogP contribution >= 0.6 is 11.3 Å². The van der Waals surface area contributed by atoms with Crippen LogP contribution in [0.1, 0.15) is 29.2 Å². The molecule has 1 N–H and O–H groups in total. The number of benzene rings is 1. The molecule has 3 heterocycles. The van der Waals surface area contributed by atoms with Crippen molar-refractivity contribution < 1.29 is 13.9 Å². The van der Waals surface area contributed by atoms with Crippen LogP contribution in [-0.4, -0.2) is 62.2 Å². The fourth-order valence-corrected chi connectivity index (χ4v) is 4.74. The van der Waals surface area contributed by atoms with Crippen molar-refractivity contribution in [1.29, 1.82) is 0 Å². The first-order chi connectivity index (χ1) is 13.0. The van der Waals surface area contributed by atoms with Crippen molar-refractivity contribution in [1.82, 2.24) is 24.4 Å². The molecule has 0 saturated carbocycles. The van der Waals surface area contributed by atoms with Crippen molar-refractivity contribution in [3.63, 3.8) is 0 Å². The highest BCUT2D eigenvalue weighted by Crippen LogP contribution is 2.40. The lowest BCUT2D eigenvalue weighted by Crippen LogP contribution is -2.47. The third-order valence-corrected chi connectivity index (χ3v) is 6.11. The zero-order chi connectivity index (χ0) is 19.1. The minimum atomic E-state index is -0.889. The van der Waals surface area contributed by atoms with E-state index < -0.39 is 11.6 Å². The van der Waals surface area contributed by atoms with Crippen molar-refractivity contribution in [2.75, 3.05) is 32.7 Å². The average Bonchev–Trinajstić information content (AvgIpc) is 3.16. The van der Waals surface area contributed by atoms with E-state index in [2.05, 4.69) is 26.8 Å². The van der Waals surface area contributed by atoms with Crippen LogP contribution in [0.5, 0.6) is 5.88 Å². The molecule has 1 aliphatic heterocycles. The number of piperazine rings is 1. The Kier molecular flexibility index (Phi) is 4.83. The Hall–Kier alpha value is -2.10. The summed E-state index contributed by atoms with van der Waals surface area (Å²) in [6, 6.07) is 3.55. The summed E-state index contributed by atoms with van der Waals surface area (Å²) >= 11 is 1.33. The van der Waals surface area contributed by atoms with Gasteiger partial charge in [0, 0.05) is 26.2 Å². The van der Waals surface area contributed by atoms with Gasteiger partial charge in [-0.3, -0.25) is 4.90 Å². The number of nitrogens with zero attached hydrogens (tertiary/aromatic N) is 5. The van der Waals surface area contributed by atoms with Crippen LogP contribution in [0.15, 0.2) is 18.2 Å². The Bertz CT molecular complexity index is 964. The zero-order valence-electron chi connectivity index (χ0n) is 15.2. The summed E-state index contributed by atoms with van der Waals surface area (Å²) in [4.78, 5) is 10.1. The van der Waals surface area contributed by atoms with Crippen LogP contribution in [0.2, 0.25) is 0 Å². The van der Waals surface area contributed by atoms with E-state index in [0.717, 1.165) is 38.8 Å². The predicted molar refractivity (Wildman–Crippen MR) is 99.2 cm³/mol. The van der Waals surface area contributed by atoms with Crippen molar-refractivity contribution in [3.05, 3.63) is 46.1 Å². The Morgan fingerprint density at radius 3 is 2.56 bits per heavy atom. The van der Waals surface area contributed by atoms with Crippen LogP contribution in [0.25, 0.3) is 4.96 Å². The monoisotopic (exact) mass is 393 g/mol. The SMILES string of the molecule is CCN1CCN([C@H](c2ccc(F)c(F)c2)c2sc3nc(C)nn3c2O)CC1. The fraction of sp³-hybridized carbons (Fsp3) is 0.444. The molecule has 1 saturated heterocycles. The van der Waals surface area contributed by atoms with Crippen LogP contribution in [0.4, 0.5) is 8.78 Å². The third kappa shape index (κ3) is 3.30. The molecule has 9 heteroatoms. The van der Waals surface area contributed by atoms with Crippen LogP contribution in [0, 0.1) is 18.6 Å². The number of aromatic nitrogens is 3. The molecule has 1 aromatic carbocycles. The summed E-state index contributed by atoms with van der Waals surface area (Å²) in [5.74, 6) is -1.19. The Balaban J connectivity index is 1.78. The standard InChI is InChI=1S/C18H21F2N5OS/c1-3-23-6-8-24(9-7-23)15(12-4-5-13(19)14(20)10-12)16-17(26)25-18(27-16)21-11(2)22-25/h4-5,10,15,26H,3,6-9H2,1-2H3/t15-/m1/s1. The van der Waals surface area contributed by atoms with E-state index >= 15 is 0 Å². The fourth-order valence-electron chi connectivity index (χ4n) is 3.57. The molecule has 1 fully saturated rings. The average molecular weight is 393 g/mol. The Labute approximate surface area is 159 Å².